The maximum Gasteiger partial charge on any atom is 0.156 e. The summed E-state index contributed by atoms with van der Waals surface area (Å²) >= 11 is 0. The average Bonchev–Trinajstić information content (AvgIpc) is 2.37. The molecule has 0 bridgehead atoms. The summed E-state index contributed by atoms with van der Waals surface area (Å²) in [7, 11) is 4.17. The van der Waals surface area contributed by atoms with E-state index in [-0.39, 0.29) is 0 Å². The van der Waals surface area contributed by atoms with Crippen molar-refractivity contribution in [2.45, 2.75) is 13.3 Å². The first-order valence-corrected chi connectivity index (χ1v) is 6.29. The van der Waals surface area contributed by atoms with Crippen molar-refractivity contribution in [3.8, 4) is 0 Å². The molecule has 0 saturated heterocycles. The Morgan fingerprint density at radius 2 is 1.83 bits per heavy atom. The largest absolute Gasteiger partial charge is 0.368 e. The van der Waals surface area contributed by atoms with Gasteiger partial charge >= 0.3 is 0 Å². The molecule has 0 unspecified atom stereocenters. The van der Waals surface area contributed by atoms with Crippen LogP contribution in [0.25, 0.3) is 10.8 Å². The Morgan fingerprint density at radius 3 is 2.56 bits per heavy atom. The molecular weight excluding hydrogens is 224 g/mol. The van der Waals surface area contributed by atoms with E-state index in [1.807, 2.05) is 19.1 Å². The highest BCUT2D eigenvalue weighted by Gasteiger charge is 2.05. The third-order valence-electron chi connectivity index (χ3n) is 2.95. The number of hydrogen-bond donors (Lipinski definition) is 1. The minimum Gasteiger partial charge on any atom is -0.368 e. The summed E-state index contributed by atoms with van der Waals surface area (Å²) in [6.45, 7) is 3.98. The number of nitrogens with one attached hydrogen (secondary N) is 1. The fourth-order valence-corrected chi connectivity index (χ4v) is 1.97. The molecule has 0 fully saturated rings. The quantitative estimate of drug-likeness (QED) is 0.819. The molecule has 4 heteroatoms. The molecule has 0 spiro atoms. The van der Waals surface area contributed by atoms with Crippen LogP contribution in [0.15, 0.2) is 24.3 Å². The molecule has 0 aliphatic carbocycles. The predicted molar refractivity (Wildman–Crippen MR) is 75.9 cm³/mol. The Morgan fingerprint density at radius 1 is 1.11 bits per heavy atom. The van der Waals surface area contributed by atoms with Gasteiger partial charge < -0.3 is 10.2 Å². The third kappa shape index (κ3) is 2.96. The number of hydrogen-bond acceptors (Lipinski definition) is 4. The van der Waals surface area contributed by atoms with Gasteiger partial charge in [-0.15, -0.1) is 5.10 Å². The van der Waals surface area contributed by atoms with E-state index in [0.29, 0.717) is 0 Å². The zero-order valence-electron chi connectivity index (χ0n) is 11.3. The molecule has 4 nitrogen and oxygen atoms in total. The number of benzene rings is 1. The minimum absolute atomic E-state index is 0.884. The minimum atomic E-state index is 0.884. The van der Waals surface area contributed by atoms with Gasteiger partial charge in [0, 0.05) is 17.3 Å². The molecular formula is C14H20N4. The number of anilines is 1. The van der Waals surface area contributed by atoms with Crippen molar-refractivity contribution in [1.82, 2.24) is 15.1 Å². The van der Waals surface area contributed by atoms with Crippen LogP contribution in [0, 0.1) is 6.92 Å². The second-order valence-corrected chi connectivity index (χ2v) is 4.76. The second-order valence-electron chi connectivity index (χ2n) is 4.76. The van der Waals surface area contributed by atoms with Gasteiger partial charge in [-0.05, 0) is 34.0 Å². The molecule has 0 saturated carbocycles. The van der Waals surface area contributed by atoms with E-state index in [4.69, 9.17) is 0 Å². The van der Waals surface area contributed by atoms with E-state index in [1.54, 1.807) is 0 Å². The lowest BCUT2D eigenvalue weighted by Crippen LogP contribution is -2.16. The Hall–Kier alpha value is -1.68. The van der Waals surface area contributed by atoms with Gasteiger partial charge in [-0.2, -0.15) is 5.10 Å². The normalized spacial score (nSPS) is 11.1. The smallest absolute Gasteiger partial charge is 0.156 e. The first-order valence-electron chi connectivity index (χ1n) is 6.29. The third-order valence-corrected chi connectivity index (χ3v) is 2.95. The number of aromatic nitrogens is 2. The maximum absolute atomic E-state index is 4.25. The number of rotatable bonds is 5. The number of fused-ring (bicyclic) bond motifs is 1. The fourth-order valence-electron chi connectivity index (χ4n) is 1.97. The van der Waals surface area contributed by atoms with E-state index in [9.17, 15) is 0 Å². The molecule has 0 atom stereocenters. The first-order chi connectivity index (χ1) is 8.68. The van der Waals surface area contributed by atoms with Crippen LogP contribution in [-0.2, 0) is 0 Å². The highest BCUT2D eigenvalue weighted by atomic mass is 15.2. The zero-order chi connectivity index (χ0) is 13.0. The molecule has 0 radical (unpaired) electrons. The summed E-state index contributed by atoms with van der Waals surface area (Å²) < 4.78 is 0. The predicted octanol–water partition coefficient (Wildman–Crippen LogP) is 2.30. The summed E-state index contributed by atoms with van der Waals surface area (Å²) in [4.78, 5) is 2.18. The van der Waals surface area contributed by atoms with Gasteiger partial charge in [0.1, 0.15) is 0 Å². The van der Waals surface area contributed by atoms with Gasteiger partial charge in [-0.25, -0.2) is 0 Å². The maximum atomic E-state index is 4.25. The fraction of sp³-hybridized carbons (Fsp3) is 0.429. The summed E-state index contributed by atoms with van der Waals surface area (Å²) in [6, 6.07) is 8.25. The first kappa shape index (κ1) is 12.8. The van der Waals surface area contributed by atoms with Gasteiger partial charge in [-0.1, -0.05) is 24.3 Å². The highest BCUT2D eigenvalue weighted by Crippen LogP contribution is 2.21. The Labute approximate surface area is 108 Å². The van der Waals surface area contributed by atoms with Crippen LogP contribution in [0.4, 0.5) is 5.82 Å². The van der Waals surface area contributed by atoms with Crippen molar-refractivity contribution >= 4 is 16.6 Å². The van der Waals surface area contributed by atoms with Crippen molar-refractivity contribution in [3.63, 3.8) is 0 Å². The Kier molecular flexibility index (Phi) is 4.10. The molecule has 1 aromatic carbocycles. The van der Waals surface area contributed by atoms with E-state index in [0.717, 1.165) is 36.4 Å². The summed E-state index contributed by atoms with van der Waals surface area (Å²) in [5, 5.41) is 14.1. The molecule has 96 valence electrons. The van der Waals surface area contributed by atoms with Crippen LogP contribution in [-0.4, -0.2) is 42.3 Å². The number of nitrogens with zero attached hydrogens (tertiary/aromatic N) is 3. The SMILES string of the molecule is Cc1nnc(NCCCN(C)C)c2ccccc12. The van der Waals surface area contributed by atoms with E-state index in [1.165, 1.54) is 5.39 Å². The van der Waals surface area contributed by atoms with Crippen molar-refractivity contribution in [3.05, 3.63) is 30.0 Å². The molecule has 18 heavy (non-hydrogen) atoms. The lowest BCUT2D eigenvalue weighted by atomic mass is 10.1. The van der Waals surface area contributed by atoms with E-state index < -0.39 is 0 Å². The second kappa shape index (κ2) is 5.78. The van der Waals surface area contributed by atoms with Gasteiger partial charge in [-0.3, -0.25) is 0 Å². The van der Waals surface area contributed by atoms with Crippen molar-refractivity contribution in [2.75, 3.05) is 32.5 Å². The highest BCUT2D eigenvalue weighted by molar-refractivity contribution is 5.92. The Balaban J connectivity index is 2.11. The topological polar surface area (TPSA) is 41.1 Å². The molecule has 1 heterocycles. The van der Waals surface area contributed by atoms with Gasteiger partial charge in [0.15, 0.2) is 5.82 Å². The van der Waals surface area contributed by atoms with Crippen molar-refractivity contribution in [1.29, 1.82) is 0 Å². The molecule has 0 aliphatic heterocycles. The van der Waals surface area contributed by atoms with Gasteiger partial charge in [0.05, 0.1) is 5.69 Å². The molecule has 0 amide bonds. The van der Waals surface area contributed by atoms with E-state index in [2.05, 4.69) is 46.6 Å². The van der Waals surface area contributed by atoms with Crippen LogP contribution >= 0.6 is 0 Å². The summed E-state index contributed by atoms with van der Waals surface area (Å²) in [6.07, 6.45) is 1.09. The zero-order valence-corrected chi connectivity index (χ0v) is 11.3. The standard InChI is InChI=1S/C14H20N4/c1-11-12-7-4-5-8-13(12)14(17-16-11)15-9-6-10-18(2)3/h4-5,7-8H,6,9-10H2,1-3H3,(H,15,17). The summed E-state index contributed by atoms with van der Waals surface area (Å²) in [5.41, 5.74) is 0.976. The lowest BCUT2D eigenvalue weighted by Gasteiger charge is -2.11. The molecule has 1 N–H and O–H groups in total. The molecule has 2 rings (SSSR count). The lowest BCUT2D eigenvalue weighted by molar-refractivity contribution is 0.405. The van der Waals surface area contributed by atoms with E-state index >= 15 is 0 Å². The van der Waals surface area contributed by atoms with Gasteiger partial charge in [0.2, 0.25) is 0 Å². The van der Waals surface area contributed by atoms with Crippen molar-refractivity contribution < 1.29 is 0 Å². The van der Waals surface area contributed by atoms with Crippen molar-refractivity contribution in [2.24, 2.45) is 0 Å². The average molecular weight is 244 g/mol. The monoisotopic (exact) mass is 244 g/mol. The number of aryl methyl sites for hydroxylation is 1. The van der Waals surface area contributed by atoms with Crippen LogP contribution in [0.1, 0.15) is 12.1 Å². The summed E-state index contributed by atoms with van der Waals surface area (Å²) in [5.74, 6) is 0.884. The molecule has 2 aromatic rings. The molecule has 0 aliphatic rings. The van der Waals surface area contributed by atoms with Crippen LogP contribution in [0.2, 0.25) is 0 Å². The van der Waals surface area contributed by atoms with Crippen LogP contribution in [0.5, 0.6) is 0 Å². The van der Waals surface area contributed by atoms with Crippen LogP contribution in [0.3, 0.4) is 0 Å². The van der Waals surface area contributed by atoms with Gasteiger partial charge in [0.25, 0.3) is 0 Å². The van der Waals surface area contributed by atoms with Crippen LogP contribution < -0.4 is 5.32 Å². The molecule has 1 aromatic heterocycles. The Bertz CT molecular complexity index is 522.